The van der Waals surface area contributed by atoms with Crippen molar-refractivity contribution in [2.75, 3.05) is 0 Å². The number of hydrogen-bond donors (Lipinski definition) is 0. The molecule has 0 radical (unpaired) electrons. The van der Waals surface area contributed by atoms with E-state index >= 15 is 0 Å². The monoisotopic (exact) mass is 377 g/mol. The fraction of sp³-hybridized carbons (Fsp3) is 0.179. The molecule has 0 fully saturated rings. The van der Waals surface area contributed by atoms with Crippen LogP contribution < -0.4 is 0 Å². The Morgan fingerprint density at radius 2 is 1.24 bits per heavy atom. The van der Waals surface area contributed by atoms with Crippen molar-refractivity contribution in [3.05, 3.63) is 101 Å². The maximum atomic E-state index is 4.77. The number of aryl methyl sites for hydroxylation is 5. The van der Waals surface area contributed by atoms with E-state index in [1.54, 1.807) is 0 Å². The number of rotatable bonds is 3. The lowest BCUT2D eigenvalue weighted by atomic mass is 9.91. The molecule has 0 unspecified atom stereocenters. The molecular formula is C28H27N. The van der Waals surface area contributed by atoms with Gasteiger partial charge in [0.25, 0.3) is 0 Å². The van der Waals surface area contributed by atoms with Crippen molar-refractivity contribution in [3.63, 3.8) is 0 Å². The quantitative estimate of drug-likeness (QED) is 0.358. The highest BCUT2D eigenvalue weighted by molar-refractivity contribution is 5.79. The van der Waals surface area contributed by atoms with Crippen LogP contribution in [0.25, 0.3) is 33.5 Å². The third kappa shape index (κ3) is 3.73. The summed E-state index contributed by atoms with van der Waals surface area (Å²) in [6, 6.07) is 24.0. The molecule has 0 N–H and O–H groups in total. The van der Waals surface area contributed by atoms with Gasteiger partial charge in [-0.2, -0.15) is 0 Å². The van der Waals surface area contributed by atoms with Crippen LogP contribution >= 0.6 is 0 Å². The zero-order valence-electron chi connectivity index (χ0n) is 17.9. The van der Waals surface area contributed by atoms with Crippen LogP contribution in [0.3, 0.4) is 0 Å². The average Bonchev–Trinajstić information content (AvgIpc) is 2.69. The summed E-state index contributed by atoms with van der Waals surface area (Å²) >= 11 is 0. The molecule has 0 spiro atoms. The van der Waals surface area contributed by atoms with Crippen LogP contribution in [0.1, 0.15) is 27.8 Å². The van der Waals surface area contributed by atoms with Crippen LogP contribution in [0.4, 0.5) is 0 Å². The van der Waals surface area contributed by atoms with Crippen molar-refractivity contribution in [1.82, 2.24) is 4.98 Å². The molecule has 0 aliphatic heterocycles. The first kappa shape index (κ1) is 19.1. The molecule has 1 nitrogen and oxygen atoms in total. The fourth-order valence-electron chi connectivity index (χ4n) is 4.30. The van der Waals surface area contributed by atoms with Crippen molar-refractivity contribution in [2.45, 2.75) is 34.6 Å². The highest BCUT2D eigenvalue weighted by Crippen LogP contribution is 2.34. The molecule has 29 heavy (non-hydrogen) atoms. The number of aromatic nitrogens is 1. The first-order valence-corrected chi connectivity index (χ1v) is 10.2. The van der Waals surface area contributed by atoms with E-state index < -0.39 is 0 Å². The van der Waals surface area contributed by atoms with Crippen LogP contribution in [-0.2, 0) is 0 Å². The lowest BCUT2D eigenvalue weighted by Crippen LogP contribution is -1.95. The van der Waals surface area contributed by atoms with Gasteiger partial charge in [0, 0.05) is 11.8 Å². The normalized spacial score (nSPS) is 10.9. The minimum absolute atomic E-state index is 1.01. The van der Waals surface area contributed by atoms with Crippen molar-refractivity contribution in [1.29, 1.82) is 0 Å². The molecule has 144 valence electrons. The molecule has 4 rings (SSSR count). The number of hydrogen-bond acceptors (Lipinski definition) is 1. The molecular weight excluding hydrogens is 350 g/mol. The Morgan fingerprint density at radius 1 is 0.552 bits per heavy atom. The Balaban J connectivity index is 1.84. The second kappa shape index (κ2) is 7.67. The number of pyridine rings is 1. The Hall–Kier alpha value is -3.19. The van der Waals surface area contributed by atoms with Crippen LogP contribution in [0.2, 0.25) is 0 Å². The van der Waals surface area contributed by atoms with E-state index in [2.05, 4.69) is 101 Å². The van der Waals surface area contributed by atoms with E-state index in [0.29, 0.717) is 0 Å². The minimum atomic E-state index is 1.01. The molecule has 1 heteroatoms. The van der Waals surface area contributed by atoms with Gasteiger partial charge in [-0.1, -0.05) is 60.2 Å². The number of nitrogens with zero attached hydrogens (tertiary/aromatic N) is 1. The Kier molecular flexibility index (Phi) is 5.07. The van der Waals surface area contributed by atoms with Gasteiger partial charge in [0.05, 0.1) is 5.69 Å². The second-order valence-electron chi connectivity index (χ2n) is 8.05. The van der Waals surface area contributed by atoms with Crippen LogP contribution in [0.5, 0.6) is 0 Å². The molecule has 3 aromatic carbocycles. The van der Waals surface area contributed by atoms with Gasteiger partial charge in [-0.15, -0.1) is 0 Å². The van der Waals surface area contributed by atoms with Crippen molar-refractivity contribution < 1.29 is 0 Å². The molecule has 0 aliphatic carbocycles. The fourth-order valence-corrected chi connectivity index (χ4v) is 4.30. The topological polar surface area (TPSA) is 12.9 Å². The van der Waals surface area contributed by atoms with Gasteiger partial charge < -0.3 is 0 Å². The van der Waals surface area contributed by atoms with E-state index in [1.807, 2.05) is 6.20 Å². The molecule has 0 bridgehead atoms. The SMILES string of the molecule is Cc1cc(C)c(-c2cc(-c3cccc(-c4ccccc4C)c3)ncc2C)c(C)c1. The number of benzene rings is 3. The summed E-state index contributed by atoms with van der Waals surface area (Å²) in [5.41, 5.74) is 13.7. The van der Waals surface area contributed by atoms with E-state index in [9.17, 15) is 0 Å². The summed E-state index contributed by atoms with van der Waals surface area (Å²) in [4.78, 5) is 4.77. The lowest BCUT2D eigenvalue weighted by molar-refractivity contribution is 1.25. The van der Waals surface area contributed by atoms with Crippen LogP contribution in [0, 0.1) is 34.6 Å². The molecule has 1 aromatic heterocycles. The first-order chi connectivity index (χ1) is 13.9. The zero-order chi connectivity index (χ0) is 20.5. The summed E-state index contributed by atoms with van der Waals surface area (Å²) in [7, 11) is 0. The van der Waals surface area contributed by atoms with Gasteiger partial charge in [-0.25, -0.2) is 0 Å². The predicted octanol–water partition coefficient (Wildman–Crippen LogP) is 7.62. The highest BCUT2D eigenvalue weighted by atomic mass is 14.7. The van der Waals surface area contributed by atoms with Gasteiger partial charge in [0.1, 0.15) is 0 Å². The van der Waals surface area contributed by atoms with Crippen molar-refractivity contribution >= 4 is 0 Å². The van der Waals surface area contributed by atoms with Gasteiger partial charge in [0.2, 0.25) is 0 Å². The summed E-state index contributed by atoms with van der Waals surface area (Å²) < 4.78 is 0. The van der Waals surface area contributed by atoms with Gasteiger partial charge in [-0.3, -0.25) is 4.98 Å². The lowest BCUT2D eigenvalue weighted by Gasteiger charge is -2.15. The average molecular weight is 378 g/mol. The van der Waals surface area contributed by atoms with Crippen LogP contribution in [-0.4, -0.2) is 4.98 Å². The Bertz CT molecular complexity index is 1180. The van der Waals surface area contributed by atoms with Gasteiger partial charge in [0.15, 0.2) is 0 Å². The predicted molar refractivity (Wildman–Crippen MR) is 124 cm³/mol. The van der Waals surface area contributed by atoms with Gasteiger partial charge in [-0.05, 0) is 91.3 Å². The maximum absolute atomic E-state index is 4.77. The standard InChI is InChI=1S/C28H27N/c1-18-13-20(3)28(21(4)14-18)26-16-27(29-17-22(26)5)24-11-8-10-23(15-24)25-12-7-6-9-19(25)2/h6-17H,1-5H3. The molecule has 0 amide bonds. The zero-order valence-corrected chi connectivity index (χ0v) is 17.9. The molecule has 0 saturated carbocycles. The molecule has 0 aliphatic rings. The third-order valence-electron chi connectivity index (χ3n) is 5.66. The summed E-state index contributed by atoms with van der Waals surface area (Å²) in [6.07, 6.45) is 2.00. The molecule has 0 saturated heterocycles. The smallest absolute Gasteiger partial charge is 0.0708 e. The summed E-state index contributed by atoms with van der Waals surface area (Å²) in [6.45, 7) is 10.9. The van der Waals surface area contributed by atoms with E-state index in [-0.39, 0.29) is 0 Å². The van der Waals surface area contributed by atoms with E-state index in [1.165, 1.54) is 50.1 Å². The summed E-state index contributed by atoms with van der Waals surface area (Å²) in [5.74, 6) is 0. The van der Waals surface area contributed by atoms with Crippen LogP contribution in [0.15, 0.2) is 72.9 Å². The molecule has 0 atom stereocenters. The molecule has 1 heterocycles. The van der Waals surface area contributed by atoms with Gasteiger partial charge >= 0.3 is 0 Å². The first-order valence-electron chi connectivity index (χ1n) is 10.2. The molecule has 4 aromatic rings. The van der Waals surface area contributed by atoms with E-state index in [0.717, 1.165) is 11.3 Å². The Morgan fingerprint density at radius 3 is 1.97 bits per heavy atom. The third-order valence-corrected chi connectivity index (χ3v) is 5.66. The largest absolute Gasteiger partial charge is 0.256 e. The summed E-state index contributed by atoms with van der Waals surface area (Å²) in [5, 5.41) is 0. The highest BCUT2D eigenvalue weighted by Gasteiger charge is 2.12. The minimum Gasteiger partial charge on any atom is -0.256 e. The second-order valence-corrected chi connectivity index (χ2v) is 8.05. The Labute approximate surface area is 174 Å². The van der Waals surface area contributed by atoms with Crippen molar-refractivity contribution in [3.8, 4) is 33.5 Å². The maximum Gasteiger partial charge on any atom is 0.0708 e. The van der Waals surface area contributed by atoms with E-state index in [4.69, 9.17) is 4.98 Å². The van der Waals surface area contributed by atoms with Crippen molar-refractivity contribution in [2.24, 2.45) is 0 Å².